The van der Waals surface area contributed by atoms with Crippen molar-refractivity contribution in [2.45, 2.75) is 29.1 Å². The van der Waals surface area contributed by atoms with Gasteiger partial charge in [-0.2, -0.15) is 0 Å². The van der Waals surface area contributed by atoms with Crippen LogP contribution in [0.2, 0.25) is 0 Å². The lowest BCUT2D eigenvalue weighted by Crippen LogP contribution is -2.53. The Morgan fingerprint density at radius 3 is 1.90 bits per heavy atom. The van der Waals surface area contributed by atoms with Gasteiger partial charge in [-0.05, 0) is 12.3 Å². The molecule has 4 unspecified atom stereocenters. The predicted octanol–water partition coefficient (Wildman–Crippen LogP) is -0.158. The number of hydrogen-bond donors (Lipinski definition) is 2. The molecular weight excluding hydrogens is 148 g/mol. The number of aliphatic hydroxyl groups excluding tert-OH is 2. The minimum absolute atomic E-state index is 0.199. The third kappa shape index (κ3) is 0.420. The maximum Gasteiger partial charge on any atom is 0.0715 e. The van der Waals surface area contributed by atoms with E-state index in [1.54, 1.807) is 11.8 Å². The zero-order valence-electron chi connectivity index (χ0n) is 5.47. The molecule has 1 saturated heterocycles. The summed E-state index contributed by atoms with van der Waals surface area (Å²) < 4.78 is 0. The molecule has 10 heavy (non-hydrogen) atoms. The molecular formula is C7H10O2S. The predicted molar refractivity (Wildman–Crippen MR) is 38.8 cm³/mol. The van der Waals surface area contributed by atoms with Crippen LogP contribution in [0.3, 0.4) is 0 Å². The van der Waals surface area contributed by atoms with Crippen LogP contribution in [-0.4, -0.2) is 32.9 Å². The Morgan fingerprint density at radius 2 is 1.60 bits per heavy atom. The Labute approximate surface area is 63.6 Å². The van der Waals surface area contributed by atoms with E-state index in [1.807, 2.05) is 0 Å². The zero-order valence-corrected chi connectivity index (χ0v) is 6.29. The van der Waals surface area contributed by atoms with E-state index in [-0.39, 0.29) is 18.1 Å². The molecule has 0 aromatic rings. The second-order valence-corrected chi connectivity index (χ2v) is 4.97. The number of aliphatic hydroxyl groups is 2. The van der Waals surface area contributed by atoms with Gasteiger partial charge >= 0.3 is 0 Å². The molecule has 2 aliphatic carbocycles. The largest absolute Gasteiger partial charge is 0.392 e. The van der Waals surface area contributed by atoms with Gasteiger partial charge in [-0.25, -0.2) is 0 Å². The molecule has 2 N–H and O–H groups in total. The Morgan fingerprint density at radius 1 is 1.00 bits per heavy atom. The summed E-state index contributed by atoms with van der Waals surface area (Å²) >= 11 is 1.78. The van der Waals surface area contributed by atoms with Crippen LogP contribution in [0.1, 0.15) is 6.42 Å². The van der Waals surface area contributed by atoms with Crippen LogP contribution in [0.5, 0.6) is 0 Å². The van der Waals surface area contributed by atoms with Gasteiger partial charge in [-0.3, -0.25) is 0 Å². The molecule has 3 rings (SSSR count). The van der Waals surface area contributed by atoms with Crippen LogP contribution in [0, 0.1) is 11.8 Å². The highest BCUT2D eigenvalue weighted by atomic mass is 32.2. The van der Waals surface area contributed by atoms with Crippen molar-refractivity contribution in [3.63, 3.8) is 0 Å². The Kier molecular flexibility index (Phi) is 0.905. The van der Waals surface area contributed by atoms with E-state index in [2.05, 4.69) is 0 Å². The molecule has 1 aliphatic heterocycles. The number of fused-ring (bicyclic) bond motifs is 1. The molecule has 0 radical (unpaired) electrons. The maximum absolute atomic E-state index is 9.52. The summed E-state index contributed by atoms with van der Waals surface area (Å²) in [7, 11) is 0. The lowest BCUT2D eigenvalue weighted by Gasteiger charge is -2.46. The lowest BCUT2D eigenvalue weighted by atomic mass is 9.93. The van der Waals surface area contributed by atoms with Gasteiger partial charge < -0.3 is 10.2 Å². The topological polar surface area (TPSA) is 40.5 Å². The first-order chi connectivity index (χ1) is 4.79. The first-order valence-electron chi connectivity index (χ1n) is 3.80. The Bertz CT molecular complexity index is 164. The lowest BCUT2D eigenvalue weighted by molar-refractivity contribution is 0.0169. The summed E-state index contributed by atoms with van der Waals surface area (Å²) in [5.74, 6) is 0.876. The van der Waals surface area contributed by atoms with Gasteiger partial charge in [-0.15, -0.1) is 11.8 Å². The van der Waals surface area contributed by atoms with E-state index >= 15 is 0 Å². The average molecular weight is 158 g/mol. The van der Waals surface area contributed by atoms with Crippen molar-refractivity contribution < 1.29 is 10.2 Å². The highest BCUT2D eigenvalue weighted by Crippen LogP contribution is 2.63. The molecule has 1 heterocycles. The standard InChI is InChI=1S/C7H10O2S/c8-4-2-1-3-6(4)10-7(3)5(2)9/h2-9H,1H2. The normalized spacial score (nSPS) is 70.2. The minimum atomic E-state index is -0.199. The van der Waals surface area contributed by atoms with E-state index in [4.69, 9.17) is 0 Å². The maximum atomic E-state index is 9.52. The van der Waals surface area contributed by atoms with Crippen LogP contribution in [-0.2, 0) is 0 Å². The summed E-state index contributed by atoms with van der Waals surface area (Å²) in [5.41, 5.74) is 0. The summed E-state index contributed by atoms with van der Waals surface area (Å²) in [6.07, 6.45) is 0.676. The molecule has 56 valence electrons. The summed E-state index contributed by atoms with van der Waals surface area (Å²) in [6.45, 7) is 0. The van der Waals surface area contributed by atoms with Crippen LogP contribution >= 0.6 is 11.8 Å². The molecule has 2 nitrogen and oxygen atoms in total. The fourth-order valence-corrected chi connectivity index (χ4v) is 4.48. The van der Waals surface area contributed by atoms with Crippen LogP contribution in [0.4, 0.5) is 0 Å². The highest BCUT2D eigenvalue weighted by Gasteiger charge is 2.65. The molecule has 2 bridgehead atoms. The van der Waals surface area contributed by atoms with Crippen molar-refractivity contribution in [3.8, 4) is 0 Å². The van der Waals surface area contributed by atoms with Crippen molar-refractivity contribution in [1.29, 1.82) is 0 Å². The van der Waals surface area contributed by atoms with Crippen molar-refractivity contribution >= 4 is 11.8 Å². The first kappa shape index (κ1) is 5.86. The van der Waals surface area contributed by atoms with Gasteiger partial charge in [0.25, 0.3) is 0 Å². The van der Waals surface area contributed by atoms with Gasteiger partial charge in [0.05, 0.1) is 12.2 Å². The molecule has 0 spiro atoms. The second-order valence-electron chi connectivity index (χ2n) is 3.61. The highest BCUT2D eigenvalue weighted by molar-refractivity contribution is 8.02. The van der Waals surface area contributed by atoms with E-state index in [0.29, 0.717) is 16.4 Å². The molecule has 0 amide bonds. The fourth-order valence-electron chi connectivity index (χ4n) is 2.70. The molecule has 2 saturated carbocycles. The van der Waals surface area contributed by atoms with Crippen molar-refractivity contribution in [2.24, 2.45) is 11.8 Å². The number of hydrogen-bond acceptors (Lipinski definition) is 3. The van der Waals surface area contributed by atoms with Crippen LogP contribution < -0.4 is 0 Å². The molecule has 0 aromatic carbocycles. The van der Waals surface area contributed by atoms with Gasteiger partial charge in [0.15, 0.2) is 0 Å². The second kappa shape index (κ2) is 1.54. The first-order valence-corrected chi connectivity index (χ1v) is 4.75. The van der Waals surface area contributed by atoms with Crippen molar-refractivity contribution in [1.82, 2.24) is 0 Å². The van der Waals surface area contributed by atoms with Gasteiger partial charge in [0.1, 0.15) is 0 Å². The monoisotopic (exact) mass is 158 g/mol. The smallest absolute Gasteiger partial charge is 0.0715 e. The van der Waals surface area contributed by atoms with Crippen LogP contribution in [0.25, 0.3) is 0 Å². The van der Waals surface area contributed by atoms with E-state index < -0.39 is 0 Å². The van der Waals surface area contributed by atoms with Gasteiger partial charge in [0.2, 0.25) is 0 Å². The summed E-state index contributed by atoms with van der Waals surface area (Å²) in [4.78, 5) is 0. The zero-order chi connectivity index (χ0) is 6.88. The summed E-state index contributed by atoms with van der Waals surface area (Å²) in [6, 6.07) is 0. The van der Waals surface area contributed by atoms with Crippen molar-refractivity contribution in [2.75, 3.05) is 0 Å². The minimum Gasteiger partial charge on any atom is -0.392 e. The van der Waals surface area contributed by atoms with Crippen molar-refractivity contribution in [3.05, 3.63) is 0 Å². The number of thioether (sulfide) groups is 1. The van der Waals surface area contributed by atoms with E-state index in [0.717, 1.165) is 6.42 Å². The van der Waals surface area contributed by atoms with E-state index in [1.165, 1.54) is 0 Å². The molecule has 4 atom stereocenters. The number of rotatable bonds is 0. The van der Waals surface area contributed by atoms with E-state index in [9.17, 15) is 10.2 Å². The van der Waals surface area contributed by atoms with Gasteiger partial charge in [-0.1, -0.05) is 0 Å². The summed E-state index contributed by atoms with van der Waals surface area (Å²) in [5, 5.41) is 20.0. The molecule has 3 heteroatoms. The Hall–Kier alpha value is 0.270. The SMILES string of the molecule is OC1C2CC3C1SC3C2O. The fraction of sp³-hybridized carbons (Fsp3) is 1.00. The molecule has 3 fully saturated rings. The quantitative estimate of drug-likeness (QED) is 0.515. The van der Waals surface area contributed by atoms with Crippen LogP contribution in [0.15, 0.2) is 0 Å². The Balaban J connectivity index is 2.00. The average Bonchev–Trinajstić information content (AvgIpc) is 2.16. The molecule has 0 aromatic heterocycles. The molecule has 3 aliphatic rings. The van der Waals surface area contributed by atoms with Gasteiger partial charge in [0, 0.05) is 16.4 Å². The third-order valence-corrected chi connectivity index (χ3v) is 5.14. The third-order valence-electron chi connectivity index (χ3n) is 3.25.